The summed E-state index contributed by atoms with van der Waals surface area (Å²) >= 11 is 12.8. The summed E-state index contributed by atoms with van der Waals surface area (Å²) in [5.41, 5.74) is 0.757. The first-order valence-corrected chi connectivity index (χ1v) is 10.6. The lowest BCUT2D eigenvalue weighted by Crippen LogP contribution is -2.44. The van der Waals surface area contributed by atoms with Crippen LogP contribution < -0.4 is 27.1 Å². The third kappa shape index (κ3) is 2.92. The molecule has 1 fully saturated rings. The number of halogens is 2. The quantitative estimate of drug-likeness (QED) is 0.564. The summed E-state index contributed by atoms with van der Waals surface area (Å²) in [6, 6.07) is 6.50. The van der Waals surface area contributed by atoms with Gasteiger partial charge in [0.2, 0.25) is 5.91 Å². The van der Waals surface area contributed by atoms with Crippen molar-refractivity contribution in [3.63, 3.8) is 0 Å². The van der Waals surface area contributed by atoms with Crippen LogP contribution in [0.5, 0.6) is 11.5 Å². The monoisotopic (exact) mass is 473 g/mol. The molecule has 11 heteroatoms. The standard InChI is InChI=1S/C21H17Cl2N5O4/c1-10-5-12(8-13-17(10)26-19(30)21(13)3-2-4-21)32-18-14(22)6-11(7-15(18)23)28-20(31)27(24)16(29)9-25-28/h5-9H,2-4,24H2,1H3,(H,26,30). The van der Waals surface area contributed by atoms with E-state index in [4.69, 9.17) is 33.8 Å². The number of amides is 1. The highest BCUT2D eigenvalue weighted by molar-refractivity contribution is 6.37. The van der Waals surface area contributed by atoms with Gasteiger partial charge in [0, 0.05) is 5.69 Å². The number of hydrogen-bond donors (Lipinski definition) is 2. The van der Waals surface area contributed by atoms with E-state index in [1.165, 1.54) is 12.1 Å². The highest BCUT2D eigenvalue weighted by atomic mass is 35.5. The van der Waals surface area contributed by atoms with E-state index in [0.29, 0.717) is 10.4 Å². The van der Waals surface area contributed by atoms with Crippen LogP contribution in [0.15, 0.2) is 40.1 Å². The smallest absolute Gasteiger partial charge is 0.370 e. The molecule has 0 unspecified atom stereocenters. The second kappa shape index (κ2) is 7.11. The van der Waals surface area contributed by atoms with Crippen molar-refractivity contribution < 1.29 is 9.53 Å². The normalized spacial score (nSPS) is 15.9. The third-order valence-electron chi connectivity index (χ3n) is 6.06. The van der Waals surface area contributed by atoms with Crippen LogP contribution in [0.1, 0.15) is 30.4 Å². The maximum atomic E-state index is 12.6. The van der Waals surface area contributed by atoms with E-state index in [9.17, 15) is 14.4 Å². The molecule has 2 aliphatic rings. The fraction of sp³-hybridized carbons (Fsp3) is 0.238. The lowest BCUT2D eigenvalue weighted by atomic mass is 9.65. The number of ether oxygens (including phenoxy) is 1. The summed E-state index contributed by atoms with van der Waals surface area (Å²) < 4.78 is 7.35. The molecule has 1 aromatic heterocycles. The van der Waals surface area contributed by atoms with Crippen LogP contribution in [-0.2, 0) is 10.2 Å². The van der Waals surface area contributed by atoms with Crippen molar-refractivity contribution >= 4 is 34.8 Å². The van der Waals surface area contributed by atoms with Crippen LogP contribution >= 0.6 is 23.2 Å². The van der Waals surface area contributed by atoms with Gasteiger partial charge < -0.3 is 15.9 Å². The number of nitrogens with two attached hydrogens (primary N) is 1. The maximum Gasteiger partial charge on any atom is 0.370 e. The lowest BCUT2D eigenvalue weighted by Gasteiger charge is -2.36. The molecule has 0 saturated heterocycles. The minimum atomic E-state index is -0.851. The van der Waals surface area contributed by atoms with Crippen LogP contribution in [0, 0.1) is 6.92 Å². The number of aryl methyl sites for hydroxylation is 1. The number of carbonyl (C=O) groups is 1. The largest absolute Gasteiger partial charge is 0.454 e. The summed E-state index contributed by atoms with van der Waals surface area (Å²) in [6.07, 6.45) is 3.51. The van der Waals surface area contributed by atoms with Gasteiger partial charge in [0.15, 0.2) is 5.75 Å². The van der Waals surface area contributed by atoms with Crippen LogP contribution in [0.4, 0.5) is 5.69 Å². The Morgan fingerprint density at radius 1 is 1.12 bits per heavy atom. The van der Waals surface area contributed by atoms with Gasteiger partial charge in [-0.15, -0.1) is 0 Å². The average Bonchev–Trinajstić information content (AvgIpc) is 3.01. The highest BCUT2D eigenvalue weighted by Crippen LogP contribution is 2.53. The number of aromatic nitrogens is 3. The minimum absolute atomic E-state index is 0.0265. The predicted octanol–water partition coefficient (Wildman–Crippen LogP) is 2.89. The molecule has 0 radical (unpaired) electrons. The molecule has 5 rings (SSSR count). The van der Waals surface area contributed by atoms with Crippen molar-refractivity contribution in [1.29, 1.82) is 0 Å². The molecule has 1 saturated carbocycles. The van der Waals surface area contributed by atoms with E-state index in [2.05, 4.69) is 10.4 Å². The molecular formula is C21H17Cl2N5O4. The lowest BCUT2D eigenvalue weighted by molar-refractivity contribution is -0.123. The molecule has 9 nitrogen and oxygen atoms in total. The van der Waals surface area contributed by atoms with Crippen LogP contribution in [0.2, 0.25) is 10.0 Å². The molecule has 32 heavy (non-hydrogen) atoms. The molecule has 0 atom stereocenters. The van der Waals surface area contributed by atoms with E-state index in [1.807, 2.05) is 13.0 Å². The number of anilines is 1. The second-order valence-electron chi connectivity index (χ2n) is 7.94. The van der Waals surface area contributed by atoms with Crippen molar-refractivity contribution in [2.75, 3.05) is 11.2 Å². The average molecular weight is 474 g/mol. The number of rotatable bonds is 3. The number of nitrogen functional groups attached to an aromatic ring is 1. The zero-order valence-corrected chi connectivity index (χ0v) is 18.3. The molecule has 1 aliphatic carbocycles. The van der Waals surface area contributed by atoms with Crippen LogP contribution in [-0.4, -0.2) is 20.4 Å². The van der Waals surface area contributed by atoms with Gasteiger partial charge in [0.25, 0.3) is 5.56 Å². The Morgan fingerprint density at radius 2 is 1.81 bits per heavy atom. The number of carbonyl (C=O) groups excluding carboxylic acids is 1. The van der Waals surface area contributed by atoms with Gasteiger partial charge in [0.05, 0.1) is 21.1 Å². The Balaban J connectivity index is 1.54. The van der Waals surface area contributed by atoms with E-state index in [-0.39, 0.29) is 27.4 Å². The third-order valence-corrected chi connectivity index (χ3v) is 6.62. The second-order valence-corrected chi connectivity index (χ2v) is 8.75. The number of nitrogens with zero attached hydrogens (tertiary/aromatic N) is 3. The van der Waals surface area contributed by atoms with Gasteiger partial charge in [-0.05, 0) is 55.2 Å². The summed E-state index contributed by atoms with van der Waals surface area (Å²) in [7, 11) is 0. The number of fused-ring (bicyclic) bond motifs is 2. The molecule has 1 spiro atoms. The zero-order chi connectivity index (χ0) is 22.8. The van der Waals surface area contributed by atoms with Crippen molar-refractivity contribution in [2.24, 2.45) is 0 Å². The highest BCUT2D eigenvalue weighted by Gasteiger charge is 2.51. The Morgan fingerprint density at radius 3 is 2.44 bits per heavy atom. The first-order valence-electron chi connectivity index (χ1n) is 9.81. The molecular weight excluding hydrogens is 457 g/mol. The molecule has 2 heterocycles. The molecule has 3 aromatic rings. The predicted molar refractivity (Wildman–Crippen MR) is 120 cm³/mol. The van der Waals surface area contributed by atoms with E-state index < -0.39 is 16.7 Å². The number of nitrogens with one attached hydrogen (secondary N) is 1. The molecule has 1 amide bonds. The van der Waals surface area contributed by atoms with Crippen LogP contribution in [0.3, 0.4) is 0 Å². The molecule has 1 aliphatic heterocycles. The minimum Gasteiger partial charge on any atom is -0.454 e. The summed E-state index contributed by atoms with van der Waals surface area (Å²) in [6.45, 7) is 1.90. The van der Waals surface area contributed by atoms with Crippen molar-refractivity contribution in [3.8, 4) is 17.2 Å². The van der Waals surface area contributed by atoms with E-state index in [0.717, 1.165) is 47.0 Å². The van der Waals surface area contributed by atoms with Gasteiger partial charge in [-0.1, -0.05) is 29.6 Å². The summed E-state index contributed by atoms with van der Waals surface area (Å²) in [5.74, 6) is 6.15. The first-order chi connectivity index (χ1) is 15.2. The van der Waals surface area contributed by atoms with Crippen LogP contribution in [0.25, 0.3) is 5.69 Å². The van der Waals surface area contributed by atoms with Gasteiger partial charge in [0.1, 0.15) is 11.9 Å². The Hall–Kier alpha value is -3.30. The summed E-state index contributed by atoms with van der Waals surface area (Å²) in [5, 5.41) is 7.03. The van der Waals surface area contributed by atoms with Gasteiger partial charge in [-0.2, -0.15) is 14.5 Å². The number of hydrogen-bond acceptors (Lipinski definition) is 6. The number of benzene rings is 2. The molecule has 3 N–H and O–H groups in total. The first kappa shape index (κ1) is 20.6. The Kier molecular flexibility index (Phi) is 4.58. The maximum absolute atomic E-state index is 12.6. The van der Waals surface area contributed by atoms with E-state index in [1.54, 1.807) is 6.07 Å². The zero-order valence-electron chi connectivity index (χ0n) is 16.8. The van der Waals surface area contributed by atoms with Gasteiger partial charge in [-0.25, -0.2) is 4.79 Å². The SMILES string of the molecule is Cc1cc(Oc2c(Cl)cc(-n3ncc(=O)n(N)c3=O)cc2Cl)cc2c1NC(=O)C21CCC1. The van der Waals surface area contributed by atoms with Crippen molar-refractivity contribution in [3.05, 3.63) is 72.5 Å². The topological polar surface area (TPSA) is 121 Å². The summed E-state index contributed by atoms with van der Waals surface area (Å²) in [4.78, 5) is 36.3. The van der Waals surface area contributed by atoms with Crippen molar-refractivity contribution in [1.82, 2.24) is 14.5 Å². The van der Waals surface area contributed by atoms with E-state index >= 15 is 0 Å². The van der Waals surface area contributed by atoms with Crippen molar-refractivity contribution in [2.45, 2.75) is 31.6 Å². The Labute approximate surface area is 191 Å². The molecule has 0 bridgehead atoms. The fourth-order valence-corrected chi connectivity index (χ4v) is 4.77. The molecule has 164 valence electrons. The van der Waals surface area contributed by atoms with Gasteiger partial charge in [-0.3, -0.25) is 9.59 Å². The Bertz CT molecular complexity index is 1400. The molecule has 2 aromatic carbocycles. The van der Waals surface area contributed by atoms with Gasteiger partial charge >= 0.3 is 5.69 Å². The fourth-order valence-electron chi connectivity index (χ4n) is 4.21.